The molecule has 3 rings (SSSR count). The first-order chi connectivity index (χ1) is 8.83. The van der Waals surface area contributed by atoms with E-state index in [1.165, 1.54) is 11.9 Å². The van der Waals surface area contributed by atoms with Gasteiger partial charge in [-0.1, -0.05) is 30.3 Å². The predicted molar refractivity (Wildman–Crippen MR) is 70.5 cm³/mol. The van der Waals surface area contributed by atoms with Crippen LogP contribution in [0.2, 0.25) is 5.28 Å². The average Bonchev–Trinajstić information content (AvgIpc) is 2.78. The summed E-state index contributed by atoms with van der Waals surface area (Å²) in [6.45, 7) is 0.678. The van der Waals surface area contributed by atoms with Crippen molar-refractivity contribution >= 4 is 28.6 Å². The molecule has 0 amide bonds. The lowest BCUT2D eigenvalue weighted by atomic mass is 10.2. The zero-order chi connectivity index (χ0) is 12.4. The number of hydrogen-bond donors (Lipinski definition) is 2. The number of aromatic amines is 1. The molecule has 90 valence electrons. The highest BCUT2D eigenvalue weighted by molar-refractivity contribution is 6.29. The highest BCUT2D eigenvalue weighted by Gasteiger charge is 2.08. The van der Waals surface area contributed by atoms with Crippen LogP contribution in [-0.2, 0) is 6.54 Å². The van der Waals surface area contributed by atoms with Gasteiger partial charge in [0.1, 0.15) is 6.33 Å². The van der Waals surface area contributed by atoms with Gasteiger partial charge < -0.3 is 10.3 Å². The molecule has 2 heterocycles. The number of halogens is 1. The highest BCUT2D eigenvalue weighted by atomic mass is 35.5. The molecule has 6 heteroatoms. The number of imidazole rings is 1. The van der Waals surface area contributed by atoms with Crippen LogP contribution in [0.25, 0.3) is 11.2 Å². The maximum absolute atomic E-state index is 5.81. The zero-order valence-corrected chi connectivity index (χ0v) is 10.1. The van der Waals surface area contributed by atoms with Gasteiger partial charge in [0, 0.05) is 6.54 Å². The van der Waals surface area contributed by atoms with Crippen molar-refractivity contribution in [2.45, 2.75) is 6.54 Å². The predicted octanol–water partition coefficient (Wildman–Crippen LogP) is 2.62. The van der Waals surface area contributed by atoms with E-state index in [0.29, 0.717) is 28.8 Å². The molecule has 18 heavy (non-hydrogen) atoms. The van der Waals surface area contributed by atoms with Gasteiger partial charge in [-0.25, -0.2) is 15.0 Å². The minimum absolute atomic E-state index is 0.313. The third-order valence-electron chi connectivity index (χ3n) is 2.56. The fourth-order valence-corrected chi connectivity index (χ4v) is 1.88. The molecule has 0 radical (unpaired) electrons. The van der Waals surface area contributed by atoms with Crippen LogP contribution in [0.4, 0.5) is 5.82 Å². The number of nitrogens with one attached hydrogen (secondary N) is 2. The van der Waals surface area contributed by atoms with E-state index in [1.807, 2.05) is 30.3 Å². The maximum atomic E-state index is 5.81. The van der Waals surface area contributed by atoms with Crippen LogP contribution in [0.15, 0.2) is 36.7 Å². The van der Waals surface area contributed by atoms with Gasteiger partial charge in [-0.2, -0.15) is 0 Å². The van der Waals surface area contributed by atoms with Crippen LogP contribution in [0, 0.1) is 0 Å². The Morgan fingerprint density at radius 3 is 2.83 bits per heavy atom. The third kappa shape index (κ3) is 2.12. The first-order valence-electron chi connectivity index (χ1n) is 5.47. The van der Waals surface area contributed by atoms with Crippen molar-refractivity contribution in [3.8, 4) is 0 Å². The Morgan fingerprint density at radius 1 is 1.17 bits per heavy atom. The monoisotopic (exact) mass is 259 g/mol. The van der Waals surface area contributed by atoms with E-state index in [9.17, 15) is 0 Å². The van der Waals surface area contributed by atoms with Gasteiger partial charge in [0.25, 0.3) is 0 Å². The van der Waals surface area contributed by atoms with Gasteiger partial charge in [0.05, 0.1) is 0 Å². The molecule has 5 nitrogen and oxygen atoms in total. The van der Waals surface area contributed by atoms with E-state index in [4.69, 9.17) is 11.6 Å². The highest BCUT2D eigenvalue weighted by Crippen LogP contribution is 2.19. The van der Waals surface area contributed by atoms with Crippen molar-refractivity contribution in [3.05, 3.63) is 47.5 Å². The van der Waals surface area contributed by atoms with E-state index in [2.05, 4.69) is 25.3 Å². The average molecular weight is 260 g/mol. The number of hydrogen-bond acceptors (Lipinski definition) is 4. The summed E-state index contributed by atoms with van der Waals surface area (Å²) >= 11 is 5.81. The van der Waals surface area contributed by atoms with E-state index < -0.39 is 0 Å². The Hall–Kier alpha value is -2.14. The third-order valence-corrected chi connectivity index (χ3v) is 2.74. The molecule has 0 aliphatic carbocycles. The van der Waals surface area contributed by atoms with E-state index in [1.54, 1.807) is 0 Å². The summed E-state index contributed by atoms with van der Waals surface area (Å²) in [5.74, 6) is 0.673. The Bertz CT molecular complexity index is 665. The first kappa shape index (κ1) is 11.0. The van der Waals surface area contributed by atoms with Crippen LogP contribution in [0.5, 0.6) is 0 Å². The summed E-state index contributed by atoms with van der Waals surface area (Å²) in [6, 6.07) is 10.1. The van der Waals surface area contributed by atoms with E-state index >= 15 is 0 Å². The largest absolute Gasteiger partial charge is 0.364 e. The molecule has 2 aromatic heterocycles. The molecule has 2 N–H and O–H groups in total. The smallest absolute Gasteiger partial charge is 0.202 e. The van der Waals surface area contributed by atoms with Gasteiger partial charge >= 0.3 is 0 Å². The molecule has 0 saturated carbocycles. The summed E-state index contributed by atoms with van der Waals surface area (Å²) < 4.78 is 0. The van der Waals surface area contributed by atoms with Gasteiger partial charge in [0.15, 0.2) is 17.0 Å². The first-order valence-corrected chi connectivity index (χ1v) is 5.85. The van der Waals surface area contributed by atoms with Crippen LogP contribution < -0.4 is 5.32 Å². The summed E-state index contributed by atoms with van der Waals surface area (Å²) in [5.41, 5.74) is 2.45. The fraction of sp³-hybridized carbons (Fsp3) is 0.0833. The summed E-state index contributed by atoms with van der Waals surface area (Å²) in [4.78, 5) is 15.2. The molecular weight excluding hydrogens is 250 g/mol. The molecule has 0 bridgehead atoms. The summed E-state index contributed by atoms with van der Waals surface area (Å²) in [6.07, 6.45) is 1.48. The van der Waals surface area contributed by atoms with Crippen molar-refractivity contribution in [2.24, 2.45) is 0 Å². The van der Waals surface area contributed by atoms with Crippen molar-refractivity contribution in [1.82, 2.24) is 19.9 Å². The van der Waals surface area contributed by atoms with Crippen LogP contribution in [0.3, 0.4) is 0 Å². The standard InChI is InChI=1S/C12H10ClN5/c13-12-17-9-10(15-7-16-11(9)18-12)14-6-8-4-2-1-3-5-8/h1-5,7H,6H2,(H2,14,15,16,17,18). The van der Waals surface area contributed by atoms with Crippen molar-refractivity contribution < 1.29 is 0 Å². The molecule has 3 aromatic rings. The Kier molecular flexibility index (Phi) is 2.82. The summed E-state index contributed by atoms with van der Waals surface area (Å²) in [7, 11) is 0. The molecule has 0 saturated heterocycles. The second kappa shape index (κ2) is 4.62. The maximum Gasteiger partial charge on any atom is 0.202 e. The minimum atomic E-state index is 0.313. The Morgan fingerprint density at radius 2 is 2.00 bits per heavy atom. The number of fused-ring (bicyclic) bond motifs is 1. The lowest BCUT2D eigenvalue weighted by Gasteiger charge is -2.05. The van der Waals surface area contributed by atoms with Crippen LogP contribution >= 0.6 is 11.6 Å². The Balaban J connectivity index is 1.86. The van der Waals surface area contributed by atoms with E-state index in [-0.39, 0.29) is 0 Å². The zero-order valence-electron chi connectivity index (χ0n) is 9.39. The topological polar surface area (TPSA) is 66.5 Å². The normalized spacial score (nSPS) is 10.7. The van der Waals surface area contributed by atoms with Gasteiger partial charge in [-0.05, 0) is 17.2 Å². The molecule has 0 aliphatic heterocycles. The summed E-state index contributed by atoms with van der Waals surface area (Å²) in [5, 5.41) is 3.54. The number of aromatic nitrogens is 4. The fourth-order valence-electron chi connectivity index (χ4n) is 1.71. The lowest BCUT2D eigenvalue weighted by Crippen LogP contribution is -2.02. The lowest BCUT2D eigenvalue weighted by molar-refractivity contribution is 1.10. The van der Waals surface area contributed by atoms with Crippen molar-refractivity contribution in [1.29, 1.82) is 0 Å². The van der Waals surface area contributed by atoms with Crippen molar-refractivity contribution in [2.75, 3.05) is 5.32 Å². The minimum Gasteiger partial charge on any atom is -0.364 e. The quantitative estimate of drug-likeness (QED) is 0.710. The molecule has 1 aromatic carbocycles. The Labute approximate surface area is 108 Å². The molecule has 0 aliphatic rings. The number of benzene rings is 1. The molecule has 0 spiro atoms. The van der Waals surface area contributed by atoms with Crippen LogP contribution in [0.1, 0.15) is 5.56 Å². The molecule has 0 fully saturated rings. The number of anilines is 1. The van der Waals surface area contributed by atoms with E-state index in [0.717, 1.165) is 0 Å². The van der Waals surface area contributed by atoms with Gasteiger partial charge in [-0.3, -0.25) is 0 Å². The second-order valence-corrected chi connectivity index (χ2v) is 4.14. The SMILES string of the molecule is Clc1nc2c(NCc3ccccc3)ncnc2[nH]1. The van der Waals surface area contributed by atoms with Crippen molar-refractivity contribution in [3.63, 3.8) is 0 Å². The molecule has 0 atom stereocenters. The van der Waals surface area contributed by atoms with Gasteiger partial charge in [0.2, 0.25) is 5.28 Å². The van der Waals surface area contributed by atoms with Gasteiger partial charge in [-0.15, -0.1) is 0 Å². The number of H-pyrrole nitrogens is 1. The number of rotatable bonds is 3. The molecular formula is C12H10ClN5. The molecule has 0 unspecified atom stereocenters. The number of nitrogens with zero attached hydrogens (tertiary/aromatic N) is 3. The van der Waals surface area contributed by atoms with Crippen LogP contribution in [-0.4, -0.2) is 19.9 Å². The second-order valence-electron chi connectivity index (χ2n) is 3.79.